The molecular formula is C9H10ClN3O4S. The monoisotopic (exact) mass is 291 g/mol. The smallest absolute Gasteiger partial charge is 0.276 e. The Morgan fingerprint density at radius 1 is 1.33 bits per heavy atom. The number of nitro groups is 1. The van der Waals surface area contributed by atoms with Crippen LogP contribution in [0.4, 0.5) is 11.5 Å². The number of hydrogen-bond donors (Lipinski definition) is 0. The van der Waals surface area contributed by atoms with Crippen LogP contribution in [0, 0.1) is 10.1 Å². The molecule has 1 aromatic heterocycles. The highest BCUT2D eigenvalue weighted by Crippen LogP contribution is 2.24. The van der Waals surface area contributed by atoms with E-state index >= 15 is 0 Å². The fraction of sp³-hybridized carbons (Fsp3) is 0.444. The van der Waals surface area contributed by atoms with Crippen molar-refractivity contribution in [2.75, 3.05) is 29.5 Å². The Kier molecular flexibility index (Phi) is 3.40. The maximum atomic E-state index is 11.3. The van der Waals surface area contributed by atoms with E-state index < -0.39 is 14.8 Å². The minimum absolute atomic E-state index is 0.0210. The zero-order valence-corrected chi connectivity index (χ0v) is 10.8. The fourth-order valence-corrected chi connectivity index (χ4v) is 3.08. The molecule has 9 heteroatoms. The van der Waals surface area contributed by atoms with Gasteiger partial charge in [0.1, 0.15) is 11.0 Å². The molecule has 0 radical (unpaired) electrons. The Morgan fingerprint density at radius 3 is 2.50 bits per heavy atom. The standard InChI is InChI=1S/C9H10ClN3O4S/c10-8-5-7(13(14)15)6-9(11-8)12-1-3-18(16,17)4-2-12/h5-6H,1-4H2. The molecule has 1 aliphatic rings. The molecule has 1 saturated heterocycles. The van der Waals surface area contributed by atoms with E-state index in [0.717, 1.165) is 6.07 Å². The molecule has 1 fully saturated rings. The highest BCUT2D eigenvalue weighted by Gasteiger charge is 2.24. The second-order valence-corrected chi connectivity index (χ2v) is 6.59. The van der Waals surface area contributed by atoms with Crippen LogP contribution in [-0.4, -0.2) is 42.9 Å². The van der Waals surface area contributed by atoms with Gasteiger partial charge in [-0.2, -0.15) is 0 Å². The first-order valence-electron chi connectivity index (χ1n) is 5.15. The van der Waals surface area contributed by atoms with Gasteiger partial charge in [0.25, 0.3) is 5.69 Å². The highest BCUT2D eigenvalue weighted by atomic mass is 35.5. The molecule has 1 aliphatic heterocycles. The Hall–Kier alpha value is -1.41. The minimum Gasteiger partial charge on any atom is -0.354 e. The van der Waals surface area contributed by atoms with Crippen molar-refractivity contribution >= 4 is 32.9 Å². The maximum absolute atomic E-state index is 11.3. The van der Waals surface area contributed by atoms with E-state index in [2.05, 4.69) is 4.98 Å². The predicted molar refractivity (Wildman–Crippen MR) is 66.8 cm³/mol. The van der Waals surface area contributed by atoms with Crippen LogP contribution < -0.4 is 4.90 Å². The second kappa shape index (κ2) is 4.69. The van der Waals surface area contributed by atoms with Crippen molar-refractivity contribution in [1.82, 2.24) is 4.98 Å². The summed E-state index contributed by atoms with van der Waals surface area (Å²) in [7, 11) is -3.00. The molecular weight excluding hydrogens is 282 g/mol. The average molecular weight is 292 g/mol. The van der Waals surface area contributed by atoms with Crippen molar-refractivity contribution in [3.63, 3.8) is 0 Å². The molecule has 0 N–H and O–H groups in total. The Balaban J connectivity index is 2.26. The molecule has 1 aromatic rings. The summed E-state index contributed by atoms with van der Waals surface area (Å²) in [6.07, 6.45) is 0. The van der Waals surface area contributed by atoms with Crippen molar-refractivity contribution in [2.24, 2.45) is 0 Å². The first-order valence-corrected chi connectivity index (χ1v) is 7.35. The Bertz CT molecular complexity index is 575. The van der Waals surface area contributed by atoms with Gasteiger partial charge in [0.2, 0.25) is 0 Å². The number of rotatable bonds is 2. The lowest BCUT2D eigenvalue weighted by molar-refractivity contribution is -0.384. The van der Waals surface area contributed by atoms with Crippen molar-refractivity contribution in [3.05, 3.63) is 27.4 Å². The summed E-state index contributed by atoms with van der Waals surface area (Å²) >= 11 is 5.71. The molecule has 0 bridgehead atoms. The van der Waals surface area contributed by atoms with Gasteiger partial charge in [0.05, 0.1) is 28.6 Å². The number of pyridine rings is 1. The quantitative estimate of drug-likeness (QED) is 0.456. The SMILES string of the molecule is O=[N+]([O-])c1cc(Cl)nc(N2CCS(=O)(=O)CC2)c1. The number of hydrogen-bond acceptors (Lipinski definition) is 6. The van der Waals surface area contributed by atoms with Crippen molar-refractivity contribution in [1.29, 1.82) is 0 Å². The van der Waals surface area contributed by atoms with E-state index in [0.29, 0.717) is 5.82 Å². The lowest BCUT2D eigenvalue weighted by atomic mass is 10.3. The first kappa shape index (κ1) is 13.0. The molecule has 2 heterocycles. The van der Waals surface area contributed by atoms with E-state index in [9.17, 15) is 18.5 Å². The van der Waals surface area contributed by atoms with E-state index in [-0.39, 0.29) is 35.4 Å². The van der Waals surface area contributed by atoms with Gasteiger partial charge in [-0.15, -0.1) is 0 Å². The Morgan fingerprint density at radius 2 is 1.94 bits per heavy atom. The molecule has 7 nitrogen and oxygen atoms in total. The summed E-state index contributed by atoms with van der Waals surface area (Å²) in [5.74, 6) is 0.383. The van der Waals surface area contributed by atoms with Crippen LogP contribution in [0.15, 0.2) is 12.1 Å². The lowest BCUT2D eigenvalue weighted by Crippen LogP contribution is -2.40. The molecule has 0 unspecified atom stereocenters. The van der Waals surface area contributed by atoms with Gasteiger partial charge in [-0.25, -0.2) is 13.4 Å². The molecule has 98 valence electrons. The van der Waals surface area contributed by atoms with E-state index in [1.807, 2.05) is 0 Å². The van der Waals surface area contributed by atoms with Gasteiger partial charge in [0.15, 0.2) is 9.84 Å². The van der Waals surface area contributed by atoms with Crippen LogP contribution in [0.3, 0.4) is 0 Å². The average Bonchev–Trinajstić information content (AvgIpc) is 2.28. The molecule has 2 rings (SSSR count). The van der Waals surface area contributed by atoms with Crippen LogP contribution >= 0.6 is 11.6 Å². The predicted octanol–water partition coefficient (Wildman–Crippen LogP) is 0.878. The van der Waals surface area contributed by atoms with Gasteiger partial charge in [-0.05, 0) is 0 Å². The largest absolute Gasteiger partial charge is 0.354 e. The van der Waals surface area contributed by atoms with E-state index in [1.54, 1.807) is 4.90 Å². The van der Waals surface area contributed by atoms with Crippen LogP contribution in [0.25, 0.3) is 0 Å². The van der Waals surface area contributed by atoms with Crippen LogP contribution in [0.1, 0.15) is 0 Å². The summed E-state index contributed by atoms with van der Waals surface area (Å²) < 4.78 is 22.6. The van der Waals surface area contributed by atoms with E-state index in [4.69, 9.17) is 11.6 Å². The summed E-state index contributed by atoms with van der Waals surface area (Å²) in [5.41, 5.74) is -0.154. The molecule has 18 heavy (non-hydrogen) atoms. The van der Waals surface area contributed by atoms with E-state index in [1.165, 1.54) is 6.07 Å². The van der Waals surface area contributed by atoms with Crippen molar-refractivity contribution in [3.8, 4) is 0 Å². The van der Waals surface area contributed by atoms with Gasteiger partial charge in [0, 0.05) is 13.1 Å². The zero-order valence-electron chi connectivity index (χ0n) is 9.24. The third-order valence-electron chi connectivity index (χ3n) is 2.64. The van der Waals surface area contributed by atoms with Crippen LogP contribution in [0.2, 0.25) is 5.15 Å². The van der Waals surface area contributed by atoms with Gasteiger partial charge in [-0.1, -0.05) is 11.6 Å². The maximum Gasteiger partial charge on any atom is 0.276 e. The Labute approximate surface area is 108 Å². The zero-order chi connectivity index (χ0) is 13.3. The summed E-state index contributed by atoms with van der Waals surface area (Å²) in [4.78, 5) is 15.8. The highest BCUT2D eigenvalue weighted by molar-refractivity contribution is 7.91. The number of aromatic nitrogens is 1. The number of anilines is 1. The third kappa shape index (κ3) is 2.88. The summed E-state index contributed by atoms with van der Waals surface area (Å²) in [6, 6.07) is 2.45. The lowest BCUT2D eigenvalue weighted by Gasteiger charge is -2.27. The van der Waals surface area contributed by atoms with Gasteiger partial charge >= 0.3 is 0 Å². The van der Waals surface area contributed by atoms with Crippen molar-refractivity contribution < 1.29 is 13.3 Å². The van der Waals surface area contributed by atoms with Crippen LogP contribution in [-0.2, 0) is 9.84 Å². The fourth-order valence-electron chi connectivity index (χ4n) is 1.68. The topological polar surface area (TPSA) is 93.4 Å². The molecule has 0 amide bonds. The minimum atomic E-state index is -3.00. The van der Waals surface area contributed by atoms with Crippen molar-refractivity contribution in [2.45, 2.75) is 0 Å². The molecule has 0 aliphatic carbocycles. The van der Waals surface area contributed by atoms with Gasteiger partial charge < -0.3 is 4.90 Å². The molecule has 0 saturated carbocycles. The summed E-state index contributed by atoms with van der Waals surface area (Å²) in [6.45, 7) is 0.541. The molecule has 0 aromatic carbocycles. The third-order valence-corrected chi connectivity index (χ3v) is 4.45. The first-order chi connectivity index (χ1) is 8.37. The van der Waals surface area contributed by atoms with Crippen LogP contribution in [0.5, 0.6) is 0 Å². The number of nitrogens with zero attached hydrogens (tertiary/aromatic N) is 3. The number of sulfone groups is 1. The number of halogens is 1. The molecule has 0 atom stereocenters. The molecule has 0 spiro atoms. The normalized spacial score (nSPS) is 18.6. The summed E-state index contributed by atoms with van der Waals surface area (Å²) in [5, 5.41) is 10.7. The second-order valence-electron chi connectivity index (χ2n) is 3.90. The van der Waals surface area contributed by atoms with Gasteiger partial charge in [-0.3, -0.25) is 10.1 Å².